The van der Waals surface area contributed by atoms with Gasteiger partial charge in [-0.2, -0.15) is 5.10 Å². The van der Waals surface area contributed by atoms with Crippen LogP contribution in [0.4, 0.5) is 4.39 Å². The van der Waals surface area contributed by atoms with Gasteiger partial charge in [0.1, 0.15) is 12.1 Å². The van der Waals surface area contributed by atoms with Gasteiger partial charge in [-0.15, -0.1) is 0 Å². The third-order valence-electron chi connectivity index (χ3n) is 3.59. The van der Waals surface area contributed by atoms with Crippen LogP contribution in [0.2, 0.25) is 0 Å². The number of nitrogens with zero attached hydrogens (tertiary/aromatic N) is 3. The molecule has 0 saturated heterocycles. The molecule has 0 atom stereocenters. The molecule has 1 fully saturated rings. The van der Waals surface area contributed by atoms with Crippen molar-refractivity contribution >= 4 is 16.4 Å². The van der Waals surface area contributed by atoms with E-state index in [2.05, 4.69) is 10.1 Å². The van der Waals surface area contributed by atoms with Crippen molar-refractivity contribution in [3.05, 3.63) is 42.6 Å². The fraction of sp³-hybridized carbons (Fsp3) is 0.333. The van der Waals surface area contributed by atoms with Crippen molar-refractivity contribution in [3.63, 3.8) is 0 Å². The Morgan fingerprint density at radius 1 is 1.20 bits per heavy atom. The Kier molecular flexibility index (Phi) is 3.60. The standard InChI is InChI=1S/C10H6FN3.C5H11N/c11-7-1-2-8-9(5-7)13-14-6-12-4-3-10(8)14;6-5-3-1-2-4-5/h1-6H;5H,1-4,6H2. The van der Waals surface area contributed by atoms with E-state index < -0.39 is 0 Å². The van der Waals surface area contributed by atoms with E-state index in [-0.39, 0.29) is 5.82 Å². The number of hydrogen-bond donors (Lipinski definition) is 1. The first-order chi connectivity index (χ1) is 9.74. The lowest BCUT2D eigenvalue weighted by molar-refractivity contribution is 0.629. The van der Waals surface area contributed by atoms with Gasteiger partial charge in [0.2, 0.25) is 0 Å². The lowest BCUT2D eigenvalue weighted by atomic mass is 10.2. The summed E-state index contributed by atoms with van der Waals surface area (Å²) < 4.78 is 14.5. The molecule has 0 spiro atoms. The quantitative estimate of drug-likeness (QED) is 0.684. The maximum atomic E-state index is 12.9. The van der Waals surface area contributed by atoms with Crippen LogP contribution < -0.4 is 5.73 Å². The lowest BCUT2D eigenvalue weighted by Gasteiger charge is -1.92. The number of halogens is 1. The molecule has 0 aliphatic heterocycles. The fourth-order valence-corrected chi connectivity index (χ4v) is 2.52. The summed E-state index contributed by atoms with van der Waals surface area (Å²) >= 11 is 0. The Balaban J connectivity index is 0.000000170. The predicted molar refractivity (Wildman–Crippen MR) is 76.9 cm³/mol. The molecule has 2 N–H and O–H groups in total. The highest BCUT2D eigenvalue weighted by Gasteiger charge is 2.07. The average Bonchev–Trinajstić information content (AvgIpc) is 3.05. The van der Waals surface area contributed by atoms with Gasteiger partial charge in [0.25, 0.3) is 0 Å². The molecule has 4 rings (SSSR count). The summed E-state index contributed by atoms with van der Waals surface area (Å²) in [4.78, 5) is 3.94. The van der Waals surface area contributed by atoms with E-state index in [9.17, 15) is 4.39 Å². The van der Waals surface area contributed by atoms with Crippen molar-refractivity contribution in [2.75, 3.05) is 0 Å². The molecule has 1 aromatic carbocycles. The summed E-state index contributed by atoms with van der Waals surface area (Å²) in [5, 5.41) is 5.13. The molecule has 5 heteroatoms. The summed E-state index contributed by atoms with van der Waals surface area (Å²) in [6, 6.07) is 6.98. The van der Waals surface area contributed by atoms with E-state index in [0.717, 1.165) is 10.9 Å². The second kappa shape index (κ2) is 5.54. The van der Waals surface area contributed by atoms with Crippen LogP contribution in [0.15, 0.2) is 36.8 Å². The van der Waals surface area contributed by atoms with Crippen molar-refractivity contribution in [2.24, 2.45) is 5.73 Å². The Labute approximate surface area is 116 Å². The van der Waals surface area contributed by atoms with Crippen molar-refractivity contribution in [1.82, 2.24) is 14.6 Å². The summed E-state index contributed by atoms with van der Waals surface area (Å²) in [7, 11) is 0. The second-order valence-corrected chi connectivity index (χ2v) is 5.12. The van der Waals surface area contributed by atoms with Crippen LogP contribution in [0.25, 0.3) is 16.4 Å². The molecular weight excluding hydrogens is 255 g/mol. The zero-order valence-electron chi connectivity index (χ0n) is 11.2. The molecule has 2 aromatic heterocycles. The number of hydrogen-bond acceptors (Lipinski definition) is 3. The van der Waals surface area contributed by atoms with Gasteiger partial charge < -0.3 is 5.73 Å². The third-order valence-corrected chi connectivity index (χ3v) is 3.59. The maximum absolute atomic E-state index is 12.9. The lowest BCUT2D eigenvalue weighted by Crippen LogP contribution is -2.13. The summed E-state index contributed by atoms with van der Waals surface area (Å²) in [6.07, 6.45) is 8.55. The molecule has 3 aromatic rings. The minimum absolute atomic E-state index is 0.270. The average molecular weight is 272 g/mol. The molecule has 2 heterocycles. The fourth-order valence-electron chi connectivity index (χ4n) is 2.52. The second-order valence-electron chi connectivity index (χ2n) is 5.12. The van der Waals surface area contributed by atoms with Crippen molar-refractivity contribution in [1.29, 1.82) is 0 Å². The van der Waals surface area contributed by atoms with Crippen LogP contribution in [0.5, 0.6) is 0 Å². The third kappa shape index (κ3) is 2.63. The maximum Gasteiger partial charge on any atom is 0.125 e. The molecular formula is C15H17FN4. The van der Waals surface area contributed by atoms with E-state index in [1.54, 1.807) is 23.1 Å². The van der Waals surface area contributed by atoms with Crippen molar-refractivity contribution in [2.45, 2.75) is 31.7 Å². The van der Waals surface area contributed by atoms with Gasteiger partial charge in [0.05, 0.1) is 11.0 Å². The summed E-state index contributed by atoms with van der Waals surface area (Å²) in [6.45, 7) is 0. The molecule has 0 bridgehead atoms. The zero-order valence-corrected chi connectivity index (χ0v) is 11.2. The molecule has 20 heavy (non-hydrogen) atoms. The highest BCUT2D eigenvalue weighted by Crippen LogP contribution is 2.19. The van der Waals surface area contributed by atoms with Crippen LogP contribution in [0.3, 0.4) is 0 Å². The van der Waals surface area contributed by atoms with Crippen molar-refractivity contribution < 1.29 is 4.39 Å². The number of benzene rings is 1. The van der Waals surface area contributed by atoms with E-state index in [1.165, 1.54) is 37.8 Å². The topological polar surface area (TPSA) is 56.2 Å². The first-order valence-electron chi connectivity index (χ1n) is 6.87. The first-order valence-corrected chi connectivity index (χ1v) is 6.87. The summed E-state index contributed by atoms with van der Waals surface area (Å²) in [5.41, 5.74) is 7.13. The van der Waals surface area contributed by atoms with Crippen LogP contribution in [0.1, 0.15) is 25.7 Å². The minimum atomic E-state index is -0.270. The van der Waals surface area contributed by atoms with Gasteiger partial charge >= 0.3 is 0 Å². The van der Waals surface area contributed by atoms with Gasteiger partial charge in [-0.1, -0.05) is 12.8 Å². The van der Waals surface area contributed by atoms with Crippen LogP contribution >= 0.6 is 0 Å². The van der Waals surface area contributed by atoms with Gasteiger partial charge in [-0.3, -0.25) is 0 Å². The molecule has 0 amide bonds. The van der Waals surface area contributed by atoms with E-state index >= 15 is 0 Å². The SMILES string of the molecule is Fc1ccc2c(c1)nn1cnccc21.NC1CCCC1. The Morgan fingerprint density at radius 3 is 2.70 bits per heavy atom. The smallest absolute Gasteiger partial charge is 0.125 e. The predicted octanol–water partition coefficient (Wildman–Crippen LogP) is 2.91. The first kappa shape index (κ1) is 13.0. The number of nitrogens with two attached hydrogens (primary N) is 1. The van der Waals surface area contributed by atoms with E-state index in [1.807, 2.05) is 6.07 Å². The number of fused-ring (bicyclic) bond motifs is 3. The van der Waals surface area contributed by atoms with Crippen LogP contribution in [0, 0.1) is 5.82 Å². The van der Waals surface area contributed by atoms with Gasteiger partial charge in [0, 0.05) is 23.7 Å². The largest absolute Gasteiger partial charge is 0.328 e. The van der Waals surface area contributed by atoms with E-state index in [4.69, 9.17) is 5.73 Å². The number of rotatable bonds is 0. The molecule has 1 aliphatic carbocycles. The van der Waals surface area contributed by atoms with Gasteiger partial charge in [0.15, 0.2) is 0 Å². The molecule has 1 saturated carbocycles. The normalized spacial score (nSPS) is 15.5. The number of aromatic nitrogens is 3. The Bertz CT molecular complexity index is 716. The molecule has 0 unspecified atom stereocenters. The van der Waals surface area contributed by atoms with Crippen molar-refractivity contribution in [3.8, 4) is 0 Å². The highest BCUT2D eigenvalue weighted by molar-refractivity contribution is 5.93. The summed E-state index contributed by atoms with van der Waals surface area (Å²) in [5.74, 6) is -0.270. The molecule has 104 valence electrons. The Morgan fingerprint density at radius 2 is 2.00 bits per heavy atom. The molecule has 0 radical (unpaired) electrons. The van der Waals surface area contributed by atoms with Crippen LogP contribution in [-0.4, -0.2) is 20.6 Å². The zero-order chi connectivity index (χ0) is 13.9. The Hall–Kier alpha value is -2.01. The molecule has 1 aliphatic rings. The van der Waals surface area contributed by atoms with E-state index in [0.29, 0.717) is 11.6 Å². The van der Waals surface area contributed by atoms with Gasteiger partial charge in [-0.05, 0) is 31.0 Å². The van der Waals surface area contributed by atoms with Crippen LogP contribution in [-0.2, 0) is 0 Å². The van der Waals surface area contributed by atoms with Gasteiger partial charge in [-0.25, -0.2) is 13.9 Å². The monoisotopic (exact) mass is 272 g/mol. The highest BCUT2D eigenvalue weighted by atomic mass is 19.1. The minimum Gasteiger partial charge on any atom is -0.328 e. The molecule has 4 nitrogen and oxygen atoms in total.